The van der Waals surface area contributed by atoms with Gasteiger partial charge in [-0.3, -0.25) is 4.79 Å². The topological polar surface area (TPSA) is 99.5 Å². The Kier molecular flexibility index (Phi) is 7.40. The van der Waals surface area contributed by atoms with E-state index >= 15 is 0 Å². The summed E-state index contributed by atoms with van der Waals surface area (Å²) >= 11 is 6.06. The number of ether oxygens (including phenoxy) is 1. The standard InChI is InChI=1S/C19H20ClN3O4S/c1-3-27-18-9-8-16(12-17(18)20)28(25,26)23(2)13-19(24)22-15-6-4-14(5-7-15)10-11-21/h4-9,12H,3,10,13H2,1-2H3,(H,22,24). The van der Waals surface area contributed by atoms with Gasteiger partial charge >= 0.3 is 0 Å². The maximum atomic E-state index is 12.7. The van der Waals surface area contributed by atoms with Crippen LogP contribution in [0.5, 0.6) is 5.75 Å². The summed E-state index contributed by atoms with van der Waals surface area (Å²) in [5, 5.41) is 11.5. The van der Waals surface area contributed by atoms with E-state index in [2.05, 4.69) is 5.32 Å². The molecule has 0 aliphatic rings. The lowest BCUT2D eigenvalue weighted by molar-refractivity contribution is -0.116. The molecular weight excluding hydrogens is 402 g/mol. The Morgan fingerprint density at radius 3 is 2.50 bits per heavy atom. The van der Waals surface area contributed by atoms with Gasteiger partial charge in [0, 0.05) is 12.7 Å². The van der Waals surface area contributed by atoms with E-state index in [1.54, 1.807) is 31.2 Å². The first-order chi connectivity index (χ1) is 13.3. The van der Waals surface area contributed by atoms with Gasteiger partial charge in [0.25, 0.3) is 0 Å². The molecule has 0 spiro atoms. The molecule has 0 aliphatic carbocycles. The zero-order valence-corrected chi connectivity index (χ0v) is 17.0. The number of benzene rings is 2. The average Bonchev–Trinajstić information content (AvgIpc) is 2.65. The van der Waals surface area contributed by atoms with Gasteiger partial charge in [-0.05, 0) is 42.8 Å². The van der Waals surface area contributed by atoms with Crippen LogP contribution in [-0.4, -0.2) is 38.8 Å². The number of carbonyl (C=O) groups excluding carboxylic acids is 1. The number of nitrogens with one attached hydrogen (secondary N) is 1. The summed E-state index contributed by atoms with van der Waals surface area (Å²) in [7, 11) is -2.58. The minimum atomic E-state index is -3.90. The molecule has 2 rings (SSSR count). The molecule has 1 N–H and O–H groups in total. The monoisotopic (exact) mass is 421 g/mol. The number of carbonyl (C=O) groups is 1. The van der Waals surface area contributed by atoms with Crippen LogP contribution in [0.3, 0.4) is 0 Å². The first kappa shape index (κ1) is 21.7. The Bertz CT molecular complexity index is 985. The molecule has 9 heteroatoms. The Hall–Kier alpha value is -2.60. The van der Waals surface area contributed by atoms with Gasteiger partial charge in [-0.2, -0.15) is 9.57 Å². The van der Waals surface area contributed by atoms with Crippen LogP contribution in [0.4, 0.5) is 5.69 Å². The quantitative estimate of drug-likeness (QED) is 0.706. The third kappa shape index (κ3) is 5.45. The average molecular weight is 422 g/mol. The Morgan fingerprint density at radius 1 is 1.25 bits per heavy atom. The van der Waals surface area contributed by atoms with E-state index in [9.17, 15) is 13.2 Å². The predicted octanol–water partition coefficient (Wildman–Crippen LogP) is 3.06. The van der Waals surface area contributed by atoms with E-state index in [1.807, 2.05) is 6.07 Å². The van der Waals surface area contributed by atoms with Crippen molar-refractivity contribution in [2.24, 2.45) is 0 Å². The summed E-state index contributed by atoms with van der Waals surface area (Å²) in [6.07, 6.45) is 0.278. The number of likely N-dealkylation sites (N-methyl/N-ethyl adjacent to an activating group) is 1. The van der Waals surface area contributed by atoms with E-state index in [0.717, 1.165) is 9.87 Å². The van der Waals surface area contributed by atoms with Crippen molar-refractivity contribution in [1.82, 2.24) is 4.31 Å². The summed E-state index contributed by atoms with van der Waals surface area (Å²) in [4.78, 5) is 12.2. The van der Waals surface area contributed by atoms with Crippen molar-refractivity contribution in [3.8, 4) is 11.8 Å². The van der Waals surface area contributed by atoms with Gasteiger partial charge in [0.2, 0.25) is 15.9 Å². The molecule has 0 atom stereocenters. The van der Waals surface area contributed by atoms with E-state index < -0.39 is 15.9 Å². The van der Waals surface area contributed by atoms with Crippen LogP contribution < -0.4 is 10.1 Å². The highest BCUT2D eigenvalue weighted by atomic mass is 35.5. The Morgan fingerprint density at radius 2 is 1.93 bits per heavy atom. The molecular formula is C19H20ClN3O4S. The van der Waals surface area contributed by atoms with Gasteiger partial charge in [-0.15, -0.1) is 0 Å². The molecule has 148 valence electrons. The zero-order valence-electron chi connectivity index (χ0n) is 15.5. The molecule has 0 fully saturated rings. The van der Waals surface area contributed by atoms with Crippen LogP contribution >= 0.6 is 11.6 Å². The molecule has 0 aliphatic heterocycles. The fraction of sp³-hybridized carbons (Fsp3) is 0.263. The molecule has 0 heterocycles. The first-order valence-electron chi connectivity index (χ1n) is 8.42. The smallest absolute Gasteiger partial charge is 0.243 e. The summed E-state index contributed by atoms with van der Waals surface area (Å²) < 4.78 is 31.6. The maximum absolute atomic E-state index is 12.7. The van der Waals surface area contributed by atoms with Gasteiger partial charge in [0.15, 0.2) is 0 Å². The SMILES string of the molecule is CCOc1ccc(S(=O)(=O)N(C)CC(=O)Nc2ccc(CC#N)cc2)cc1Cl. The number of sulfonamides is 1. The largest absolute Gasteiger partial charge is 0.492 e. The molecule has 0 aromatic heterocycles. The number of nitriles is 1. The fourth-order valence-electron chi connectivity index (χ4n) is 2.38. The molecule has 2 aromatic rings. The van der Waals surface area contributed by atoms with Crippen molar-refractivity contribution >= 4 is 33.2 Å². The van der Waals surface area contributed by atoms with Crippen LogP contribution in [0.1, 0.15) is 12.5 Å². The molecule has 28 heavy (non-hydrogen) atoms. The van der Waals surface area contributed by atoms with Gasteiger partial charge in [-0.25, -0.2) is 8.42 Å². The molecule has 2 aromatic carbocycles. The highest BCUT2D eigenvalue weighted by Gasteiger charge is 2.24. The predicted molar refractivity (Wildman–Crippen MR) is 107 cm³/mol. The van der Waals surface area contributed by atoms with Crippen molar-refractivity contribution in [1.29, 1.82) is 5.26 Å². The zero-order chi connectivity index (χ0) is 20.7. The van der Waals surface area contributed by atoms with Gasteiger partial charge < -0.3 is 10.1 Å². The van der Waals surface area contributed by atoms with Gasteiger partial charge in [-0.1, -0.05) is 23.7 Å². The lowest BCUT2D eigenvalue weighted by atomic mass is 10.1. The minimum absolute atomic E-state index is 0.0305. The molecule has 0 saturated heterocycles. The van der Waals surface area contributed by atoms with Gasteiger partial charge in [0.1, 0.15) is 5.75 Å². The molecule has 1 amide bonds. The van der Waals surface area contributed by atoms with Crippen molar-refractivity contribution in [3.63, 3.8) is 0 Å². The second-order valence-corrected chi connectivity index (χ2v) is 8.32. The van der Waals surface area contributed by atoms with E-state index in [1.165, 1.54) is 25.2 Å². The van der Waals surface area contributed by atoms with Crippen LogP contribution in [0.2, 0.25) is 5.02 Å². The molecule has 0 unspecified atom stereocenters. The highest BCUT2D eigenvalue weighted by Crippen LogP contribution is 2.28. The Labute approximate surface area is 169 Å². The summed E-state index contributed by atoms with van der Waals surface area (Å²) in [6.45, 7) is 1.83. The van der Waals surface area contributed by atoms with E-state index in [0.29, 0.717) is 18.0 Å². The number of nitrogens with zero attached hydrogens (tertiary/aromatic N) is 2. The number of hydrogen-bond donors (Lipinski definition) is 1. The number of rotatable bonds is 8. The normalized spacial score (nSPS) is 11.1. The lowest BCUT2D eigenvalue weighted by Gasteiger charge is -2.17. The third-order valence-corrected chi connectivity index (χ3v) is 5.89. The van der Waals surface area contributed by atoms with E-state index in [-0.39, 0.29) is 22.9 Å². The fourth-order valence-corrected chi connectivity index (χ4v) is 3.83. The van der Waals surface area contributed by atoms with Crippen LogP contribution in [0.15, 0.2) is 47.4 Å². The second kappa shape index (κ2) is 9.55. The van der Waals surface area contributed by atoms with Crippen LogP contribution in [0, 0.1) is 11.3 Å². The summed E-state index contributed by atoms with van der Waals surface area (Å²) in [6, 6.07) is 13.0. The van der Waals surface area contributed by atoms with Gasteiger partial charge in [0.05, 0.1) is 35.6 Å². The summed E-state index contributed by atoms with van der Waals surface area (Å²) in [5.74, 6) is -0.0977. The molecule has 0 radical (unpaired) electrons. The maximum Gasteiger partial charge on any atom is 0.243 e. The van der Waals surface area contributed by atoms with Crippen LogP contribution in [-0.2, 0) is 21.2 Å². The van der Waals surface area contributed by atoms with Crippen molar-refractivity contribution in [2.75, 3.05) is 25.5 Å². The lowest BCUT2D eigenvalue weighted by Crippen LogP contribution is -2.35. The van der Waals surface area contributed by atoms with E-state index in [4.69, 9.17) is 21.6 Å². The number of halogens is 1. The molecule has 7 nitrogen and oxygen atoms in total. The molecule has 0 saturated carbocycles. The number of hydrogen-bond acceptors (Lipinski definition) is 5. The number of amides is 1. The molecule has 0 bridgehead atoms. The number of anilines is 1. The Balaban J connectivity index is 2.05. The van der Waals surface area contributed by atoms with Crippen molar-refractivity contribution in [2.45, 2.75) is 18.2 Å². The summed E-state index contributed by atoms with van der Waals surface area (Å²) in [5.41, 5.74) is 1.34. The highest BCUT2D eigenvalue weighted by molar-refractivity contribution is 7.89. The minimum Gasteiger partial charge on any atom is -0.492 e. The second-order valence-electron chi connectivity index (χ2n) is 5.87. The third-order valence-electron chi connectivity index (χ3n) is 3.80. The van der Waals surface area contributed by atoms with Crippen LogP contribution in [0.25, 0.3) is 0 Å². The first-order valence-corrected chi connectivity index (χ1v) is 10.2. The van der Waals surface area contributed by atoms with Crippen molar-refractivity contribution < 1.29 is 17.9 Å². The van der Waals surface area contributed by atoms with Crippen molar-refractivity contribution in [3.05, 3.63) is 53.1 Å².